The molecule has 8 nitrogen and oxygen atoms in total. The molecule has 2 amide bonds. The van der Waals surface area contributed by atoms with Gasteiger partial charge in [0, 0.05) is 17.1 Å². The van der Waals surface area contributed by atoms with Gasteiger partial charge in [0.15, 0.2) is 0 Å². The van der Waals surface area contributed by atoms with E-state index in [4.69, 9.17) is 0 Å². The van der Waals surface area contributed by atoms with E-state index in [1.807, 2.05) is 36.4 Å². The zero-order valence-corrected chi connectivity index (χ0v) is 21.0. The molecule has 4 rings (SSSR count). The van der Waals surface area contributed by atoms with Gasteiger partial charge in [0.2, 0.25) is 0 Å². The Morgan fingerprint density at radius 3 is 2.54 bits per heavy atom. The first-order chi connectivity index (χ1) is 16.6. The molecule has 1 unspecified atom stereocenters. The van der Waals surface area contributed by atoms with Crippen molar-refractivity contribution >= 4 is 23.2 Å². The number of nitrogens with one attached hydrogen (secondary N) is 2. The molecule has 184 valence electrons. The number of carbonyl (C=O) groups excluding carboxylic acids is 2. The fourth-order valence-corrected chi connectivity index (χ4v) is 5.45. The van der Waals surface area contributed by atoms with Crippen molar-refractivity contribution in [3.8, 4) is 0 Å². The highest BCUT2D eigenvalue weighted by Gasteiger charge is 2.30. The summed E-state index contributed by atoms with van der Waals surface area (Å²) in [4.78, 5) is 51.8. The van der Waals surface area contributed by atoms with Crippen LogP contribution in [0.4, 0.5) is 0 Å². The number of nitrogens with zero attached hydrogens (tertiary/aromatic N) is 2. The lowest BCUT2D eigenvalue weighted by Crippen LogP contribution is -2.47. The van der Waals surface area contributed by atoms with Crippen LogP contribution in [0.2, 0.25) is 0 Å². The predicted molar refractivity (Wildman–Crippen MR) is 135 cm³/mol. The molecule has 0 radical (unpaired) electrons. The number of aryl methyl sites for hydroxylation is 1. The van der Waals surface area contributed by atoms with Crippen molar-refractivity contribution in [1.82, 2.24) is 20.0 Å². The number of aromatic nitrogens is 2. The highest BCUT2D eigenvalue weighted by atomic mass is 32.1. The summed E-state index contributed by atoms with van der Waals surface area (Å²) in [6, 6.07) is 12.5. The van der Waals surface area contributed by atoms with E-state index in [1.54, 1.807) is 0 Å². The maximum absolute atomic E-state index is 12.8. The second kappa shape index (κ2) is 10.0. The van der Waals surface area contributed by atoms with Gasteiger partial charge in [-0.1, -0.05) is 51.1 Å². The minimum Gasteiger partial charge on any atom is -0.296 e. The van der Waals surface area contributed by atoms with E-state index in [1.165, 1.54) is 38.6 Å². The zero-order valence-electron chi connectivity index (χ0n) is 20.2. The van der Waals surface area contributed by atoms with E-state index in [9.17, 15) is 19.2 Å². The normalized spacial score (nSPS) is 15.3. The number of amides is 2. The van der Waals surface area contributed by atoms with Crippen LogP contribution in [0.3, 0.4) is 0 Å². The van der Waals surface area contributed by atoms with Gasteiger partial charge in [0.1, 0.15) is 6.54 Å². The number of hydrazine groups is 1. The summed E-state index contributed by atoms with van der Waals surface area (Å²) in [6.45, 7) is 6.51. The molecule has 0 bridgehead atoms. The Morgan fingerprint density at radius 1 is 1.09 bits per heavy atom. The number of carbonyl (C=O) groups is 2. The van der Waals surface area contributed by atoms with Gasteiger partial charge in [0.25, 0.3) is 17.4 Å². The van der Waals surface area contributed by atoms with Crippen LogP contribution in [0, 0.1) is 11.3 Å². The molecule has 2 aromatic heterocycles. The minimum absolute atomic E-state index is 0.214. The van der Waals surface area contributed by atoms with Gasteiger partial charge < -0.3 is 0 Å². The molecule has 35 heavy (non-hydrogen) atoms. The molecule has 0 saturated heterocycles. The standard InChI is InChI=1S/C26H30N4O4S/c1-26(2,3)19-9-10-20-18(13-19)14-21(35-20)24(33)28-27-22(31)16-30-23(32)11-12-29(25(30)34)15-17-7-5-4-6-8-17/h4-8,11-12,14,19H,9-10,13,15-16H2,1-3H3,(H,27,31)(H,28,33). The largest absolute Gasteiger partial charge is 0.331 e. The summed E-state index contributed by atoms with van der Waals surface area (Å²) in [5.74, 6) is -0.508. The number of hydrogen-bond donors (Lipinski definition) is 2. The fourth-order valence-electron chi connectivity index (χ4n) is 4.35. The van der Waals surface area contributed by atoms with Crippen LogP contribution in [0.1, 0.15) is 52.9 Å². The number of fused-ring (bicyclic) bond motifs is 1. The van der Waals surface area contributed by atoms with Crippen LogP contribution >= 0.6 is 11.3 Å². The summed E-state index contributed by atoms with van der Waals surface area (Å²) in [5.41, 5.74) is 5.87. The molecule has 0 fully saturated rings. The Balaban J connectivity index is 1.38. The van der Waals surface area contributed by atoms with Crippen molar-refractivity contribution in [1.29, 1.82) is 0 Å². The van der Waals surface area contributed by atoms with Crippen LogP contribution in [0.15, 0.2) is 58.3 Å². The van der Waals surface area contributed by atoms with E-state index in [2.05, 4.69) is 31.6 Å². The van der Waals surface area contributed by atoms with Gasteiger partial charge in [0.05, 0.1) is 11.4 Å². The number of hydrogen-bond acceptors (Lipinski definition) is 5. The van der Waals surface area contributed by atoms with Crippen molar-refractivity contribution in [2.75, 3.05) is 0 Å². The molecule has 2 heterocycles. The van der Waals surface area contributed by atoms with Gasteiger partial charge in [-0.05, 0) is 47.8 Å². The second-order valence-electron chi connectivity index (χ2n) is 10.0. The van der Waals surface area contributed by atoms with Crippen molar-refractivity contribution < 1.29 is 9.59 Å². The first-order valence-corrected chi connectivity index (χ1v) is 12.5. The van der Waals surface area contributed by atoms with E-state index >= 15 is 0 Å². The van der Waals surface area contributed by atoms with Crippen molar-refractivity contribution in [3.05, 3.63) is 90.4 Å². The molecule has 1 aromatic carbocycles. The smallest absolute Gasteiger partial charge is 0.296 e. The van der Waals surface area contributed by atoms with Crippen LogP contribution in [-0.2, 0) is 30.7 Å². The van der Waals surface area contributed by atoms with Crippen molar-refractivity contribution in [3.63, 3.8) is 0 Å². The van der Waals surface area contributed by atoms with E-state index in [0.29, 0.717) is 10.8 Å². The Labute approximate surface area is 207 Å². The molecule has 9 heteroatoms. The minimum atomic E-state index is -0.663. The van der Waals surface area contributed by atoms with Crippen LogP contribution in [0.5, 0.6) is 0 Å². The first-order valence-electron chi connectivity index (χ1n) is 11.7. The maximum Gasteiger partial charge on any atom is 0.331 e. The third-order valence-electron chi connectivity index (χ3n) is 6.48. The number of rotatable bonds is 5. The van der Waals surface area contributed by atoms with Crippen LogP contribution < -0.4 is 22.1 Å². The van der Waals surface area contributed by atoms with Gasteiger partial charge in [-0.2, -0.15) is 0 Å². The third-order valence-corrected chi connectivity index (χ3v) is 7.72. The SMILES string of the molecule is CC(C)(C)C1CCc2sc(C(=O)NNC(=O)Cn3c(=O)ccn(Cc4ccccc4)c3=O)cc2C1. The lowest BCUT2D eigenvalue weighted by Gasteiger charge is -2.33. The maximum atomic E-state index is 12.8. The van der Waals surface area contributed by atoms with Crippen molar-refractivity contribution in [2.45, 2.75) is 53.1 Å². The molecule has 1 aliphatic rings. The predicted octanol–water partition coefficient (Wildman–Crippen LogP) is 2.73. The lowest BCUT2D eigenvalue weighted by molar-refractivity contribution is -0.122. The monoisotopic (exact) mass is 494 g/mol. The van der Waals surface area contributed by atoms with Gasteiger partial charge in [-0.15, -0.1) is 11.3 Å². The highest BCUT2D eigenvalue weighted by Crippen LogP contribution is 2.40. The Bertz CT molecular complexity index is 1350. The summed E-state index contributed by atoms with van der Waals surface area (Å²) in [6.07, 6.45) is 4.41. The number of benzene rings is 1. The van der Waals surface area contributed by atoms with Crippen LogP contribution in [-0.4, -0.2) is 20.9 Å². The van der Waals surface area contributed by atoms with Gasteiger partial charge >= 0.3 is 5.69 Å². The molecule has 1 aliphatic carbocycles. The van der Waals surface area contributed by atoms with E-state index < -0.39 is 29.6 Å². The molecular formula is C26H30N4O4S. The highest BCUT2D eigenvalue weighted by molar-refractivity contribution is 7.14. The summed E-state index contributed by atoms with van der Waals surface area (Å²) in [7, 11) is 0. The Hall–Kier alpha value is -3.46. The van der Waals surface area contributed by atoms with Gasteiger partial charge in [-0.3, -0.25) is 34.4 Å². The average molecular weight is 495 g/mol. The molecule has 0 spiro atoms. The first kappa shape index (κ1) is 24.7. The third kappa shape index (κ3) is 5.79. The topological polar surface area (TPSA) is 102 Å². The molecule has 2 N–H and O–H groups in total. The van der Waals surface area contributed by atoms with Crippen molar-refractivity contribution in [2.24, 2.45) is 11.3 Å². The van der Waals surface area contributed by atoms with E-state index in [0.717, 1.165) is 29.4 Å². The lowest BCUT2D eigenvalue weighted by atomic mass is 9.72. The average Bonchev–Trinajstić information content (AvgIpc) is 3.26. The van der Waals surface area contributed by atoms with Crippen LogP contribution in [0.25, 0.3) is 0 Å². The molecule has 0 aliphatic heterocycles. The summed E-state index contributed by atoms with van der Waals surface area (Å²) >= 11 is 1.45. The molecule has 3 aromatic rings. The quantitative estimate of drug-likeness (QED) is 0.533. The Kier molecular flexibility index (Phi) is 7.07. The Morgan fingerprint density at radius 2 is 1.83 bits per heavy atom. The summed E-state index contributed by atoms with van der Waals surface area (Å²) in [5, 5.41) is 0. The zero-order chi connectivity index (χ0) is 25.2. The molecule has 1 atom stereocenters. The summed E-state index contributed by atoms with van der Waals surface area (Å²) < 4.78 is 2.21. The molecular weight excluding hydrogens is 464 g/mol. The van der Waals surface area contributed by atoms with E-state index in [-0.39, 0.29) is 12.0 Å². The fraction of sp³-hybridized carbons (Fsp3) is 0.385. The molecule has 0 saturated carbocycles. The number of thiophene rings is 1. The second-order valence-corrected chi connectivity index (χ2v) is 11.1. The van der Waals surface area contributed by atoms with Gasteiger partial charge in [-0.25, -0.2) is 4.79 Å².